The van der Waals surface area contributed by atoms with Gasteiger partial charge in [0.2, 0.25) is 5.91 Å². The van der Waals surface area contributed by atoms with Crippen LogP contribution in [-0.2, 0) is 9.59 Å². The first-order valence-corrected chi connectivity index (χ1v) is 8.38. The van der Waals surface area contributed by atoms with Crippen LogP contribution < -0.4 is 10.2 Å². The monoisotopic (exact) mass is 372 g/mol. The summed E-state index contributed by atoms with van der Waals surface area (Å²) in [7, 11) is 0. The molecule has 1 aromatic heterocycles. The fraction of sp³-hybridized carbons (Fsp3) is 0.222. The third-order valence-corrected chi connectivity index (χ3v) is 4.40. The molecule has 8 heteroatoms. The van der Waals surface area contributed by atoms with Crippen LogP contribution in [-0.4, -0.2) is 40.3 Å². The van der Waals surface area contributed by atoms with Crippen molar-refractivity contribution in [3.05, 3.63) is 53.3 Å². The minimum atomic E-state index is -0.681. The molecule has 1 saturated heterocycles. The maximum absolute atomic E-state index is 12.7. The molecule has 1 N–H and O–H groups in total. The van der Waals surface area contributed by atoms with Gasteiger partial charge >= 0.3 is 6.03 Å². The average molecular weight is 373 g/mol. The molecule has 0 bridgehead atoms. The molecule has 0 saturated carbocycles. The van der Waals surface area contributed by atoms with Crippen molar-refractivity contribution >= 4 is 40.8 Å². The molecule has 1 unspecified atom stereocenters. The Morgan fingerprint density at radius 2 is 1.92 bits per heavy atom. The molecule has 1 aliphatic heterocycles. The maximum atomic E-state index is 12.7. The minimum absolute atomic E-state index is 0.134. The van der Waals surface area contributed by atoms with E-state index >= 15 is 0 Å². The number of hydrogen-bond donors (Lipinski definition) is 1. The molecule has 7 nitrogen and oxygen atoms in total. The van der Waals surface area contributed by atoms with Crippen molar-refractivity contribution in [2.24, 2.45) is 0 Å². The molecular formula is C18H17ClN4O3. The van der Waals surface area contributed by atoms with Gasteiger partial charge in [-0.05, 0) is 38.1 Å². The van der Waals surface area contributed by atoms with Gasteiger partial charge in [0.1, 0.15) is 12.6 Å². The molecule has 1 atom stereocenters. The predicted octanol–water partition coefficient (Wildman–Crippen LogP) is 2.84. The van der Waals surface area contributed by atoms with E-state index in [1.165, 1.54) is 11.1 Å². The number of aryl methyl sites for hydroxylation is 1. The number of anilines is 2. The third-order valence-electron chi connectivity index (χ3n) is 4.09. The van der Waals surface area contributed by atoms with Gasteiger partial charge in [0.25, 0.3) is 5.91 Å². The van der Waals surface area contributed by atoms with E-state index in [4.69, 9.17) is 11.6 Å². The van der Waals surface area contributed by atoms with Crippen LogP contribution in [0.5, 0.6) is 0 Å². The number of nitrogens with zero attached hydrogens (tertiary/aromatic N) is 3. The first-order valence-electron chi connectivity index (χ1n) is 8.00. The Balaban J connectivity index is 1.75. The van der Waals surface area contributed by atoms with Crippen LogP contribution in [0.1, 0.15) is 12.5 Å². The van der Waals surface area contributed by atoms with Gasteiger partial charge in [-0.25, -0.2) is 9.78 Å². The summed E-state index contributed by atoms with van der Waals surface area (Å²) in [5.41, 5.74) is 1.98. The summed E-state index contributed by atoms with van der Waals surface area (Å²) in [6, 6.07) is 9.26. The van der Waals surface area contributed by atoms with Gasteiger partial charge < -0.3 is 5.32 Å². The molecule has 4 amide bonds. The Bertz CT molecular complexity index is 869. The van der Waals surface area contributed by atoms with Crippen LogP contribution in [0, 0.1) is 6.92 Å². The highest BCUT2D eigenvalue weighted by atomic mass is 35.5. The van der Waals surface area contributed by atoms with Crippen LogP contribution in [0.25, 0.3) is 0 Å². The van der Waals surface area contributed by atoms with Gasteiger partial charge in [0.15, 0.2) is 5.15 Å². The van der Waals surface area contributed by atoms with E-state index in [1.54, 1.807) is 31.2 Å². The smallest absolute Gasteiger partial charge is 0.322 e. The van der Waals surface area contributed by atoms with Gasteiger partial charge in [-0.1, -0.05) is 29.3 Å². The number of rotatable bonds is 4. The van der Waals surface area contributed by atoms with Crippen molar-refractivity contribution in [1.29, 1.82) is 0 Å². The summed E-state index contributed by atoms with van der Waals surface area (Å²) in [6.07, 6.45) is 1.49. The summed E-state index contributed by atoms with van der Waals surface area (Å²) in [6.45, 7) is 3.18. The van der Waals surface area contributed by atoms with Crippen molar-refractivity contribution < 1.29 is 14.4 Å². The van der Waals surface area contributed by atoms with E-state index in [2.05, 4.69) is 10.3 Å². The van der Waals surface area contributed by atoms with E-state index in [1.807, 2.05) is 19.1 Å². The zero-order valence-corrected chi connectivity index (χ0v) is 15.0. The summed E-state index contributed by atoms with van der Waals surface area (Å²) < 4.78 is 0. The van der Waals surface area contributed by atoms with E-state index in [9.17, 15) is 14.4 Å². The van der Waals surface area contributed by atoms with Crippen molar-refractivity contribution in [3.63, 3.8) is 0 Å². The molecule has 1 fully saturated rings. The largest absolute Gasteiger partial charge is 0.332 e. The highest BCUT2D eigenvalue weighted by Gasteiger charge is 2.44. The quantitative estimate of drug-likeness (QED) is 0.660. The van der Waals surface area contributed by atoms with Gasteiger partial charge in [-0.15, -0.1) is 0 Å². The number of carbonyl (C=O) groups is 3. The molecular weight excluding hydrogens is 356 g/mol. The average Bonchev–Trinajstić information content (AvgIpc) is 2.82. The second-order valence-corrected chi connectivity index (χ2v) is 6.34. The molecule has 1 aliphatic rings. The van der Waals surface area contributed by atoms with E-state index in [0.717, 1.165) is 10.5 Å². The SMILES string of the molecule is Cc1ccc(N2C(=O)N(CC(=O)Nc3cccnc3Cl)C(=O)C2C)cc1. The summed E-state index contributed by atoms with van der Waals surface area (Å²) in [4.78, 5) is 43.6. The van der Waals surface area contributed by atoms with Gasteiger partial charge in [0, 0.05) is 11.9 Å². The molecule has 0 radical (unpaired) electrons. The molecule has 0 spiro atoms. The van der Waals surface area contributed by atoms with Crippen LogP contribution in [0.15, 0.2) is 42.6 Å². The Kier molecular flexibility index (Phi) is 4.90. The first kappa shape index (κ1) is 17.9. The Labute approximate surface area is 155 Å². The zero-order valence-electron chi connectivity index (χ0n) is 14.3. The number of pyridine rings is 1. The van der Waals surface area contributed by atoms with Crippen LogP contribution in [0.4, 0.5) is 16.2 Å². The number of carbonyl (C=O) groups excluding carboxylic acids is 3. The molecule has 0 aliphatic carbocycles. The Morgan fingerprint density at radius 3 is 2.58 bits per heavy atom. The molecule has 2 aromatic rings. The van der Waals surface area contributed by atoms with Crippen molar-refractivity contribution in [3.8, 4) is 0 Å². The van der Waals surface area contributed by atoms with E-state index in [-0.39, 0.29) is 5.15 Å². The molecule has 2 heterocycles. The number of urea groups is 1. The Morgan fingerprint density at radius 1 is 1.23 bits per heavy atom. The lowest BCUT2D eigenvalue weighted by atomic mass is 10.2. The Hall–Kier alpha value is -2.93. The van der Waals surface area contributed by atoms with E-state index in [0.29, 0.717) is 11.4 Å². The van der Waals surface area contributed by atoms with Gasteiger partial charge in [0.05, 0.1) is 5.69 Å². The lowest BCUT2D eigenvalue weighted by molar-refractivity contribution is -0.130. The fourth-order valence-corrected chi connectivity index (χ4v) is 2.89. The van der Waals surface area contributed by atoms with Crippen molar-refractivity contribution in [2.75, 3.05) is 16.8 Å². The molecule has 134 valence electrons. The fourth-order valence-electron chi connectivity index (χ4n) is 2.72. The second-order valence-electron chi connectivity index (χ2n) is 5.98. The number of benzene rings is 1. The van der Waals surface area contributed by atoms with Crippen LogP contribution >= 0.6 is 11.6 Å². The van der Waals surface area contributed by atoms with E-state index < -0.39 is 30.4 Å². The van der Waals surface area contributed by atoms with Crippen LogP contribution in [0.3, 0.4) is 0 Å². The van der Waals surface area contributed by atoms with Gasteiger partial charge in [-0.2, -0.15) is 0 Å². The maximum Gasteiger partial charge on any atom is 0.332 e. The number of hydrogen-bond acceptors (Lipinski definition) is 4. The molecule has 3 rings (SSSR count). The normalized spacial score (nSPS) is 17.0. The summed E-state index contributed by atoms with van der Waals surface area (Å²) >= 11 is 5.90. The predicted molar refractivity (Wildman–Crippen MR) is 98.1 cm³/mol. The minimum Gasteiger partial charge on any atom is -0.322 e. The zero-order chi connectivity index (χ0) is 18.8. The standard InChI is InChI=1S/C18H17ClN4O3/c1-11-5-7-13(8-6-11)23-12(2)17(25)22(18(23)26)10-15(24)21-14-4-3-9-20-16(14)19/h3-9,12H,10H2,1-2H3,(H,21,24). The number of amides is 4. The highest BCUT2D eigenvalue weighted by molar-refractivity contribution is 6.32. The van der Waals surface area contributed by atoms with Gasteiger partial charge in [-0.3, -0.25) is 19.4 Å². The number of imide groups is 1. The summed E-state index contributed by atoms with van der Waals surface area (Å²) in [5, 5.41) is 2.69. The topological polar surface area (TPSA) is 82.6 Å². The first-order chi connectivity index (χ1) is 12.4. The molecule has 1 aromatic carbocycles. The summed E-state index contributed by atoms with van der Waals surface area (Å²) in [5.74, 6) is -0.956. The number of aromatic nitrogens is 1. The van der Waals surface area contributed by atoms with Crippen LogP contribution in [0.2, 0.25) is 5.15 Å². The number of nitrogens with one attached hydrogen (secondary N) is 1. The lowest BCUT2D eigenvalue weighted by Gasteiger charge is -2.19. The highest BCUT2D eigenvalue weighted by Crippen LogP contribution is 2.26. The lowest BCUT2D eigenvalue weighted by Crippen LogP contribution is -2.39. The number of halogens is 1. The third kappa shape index (κ3) is 3.39. The molecule has 26 heavy (non-hydrogen) atoms. The van der Waals surface area contributed by atoms with Crippen molar-refractivity contribution in [1.82, 2.24) is 9.88 Å². The second kappa shape index (κ2) is 7.13. The van der Waals surface area contributed by atoms with Crippen molar-refractivity contribution in [2.45, 2.75) is 19.9 Å².